The van der Waals surface area contributed by atoms with Gasteiger partial charge < -0.3 is 9.84 Å². The fraction of sp³-hybridized carbons (Fsp3) is 0.182. The fourth-order valence-corrected chi connectivity index (χ4v) is 3.49. The van der Waals surface area contributed by atoms with Crippen LogP contribution in [0.5, 0.6) is 5.75 Å². The zero-order valence-electron chi connectivity index (χ0n) is 14.5. The van der Waals surface area contributed by atoms with E-state index in [9.17, 15) is 9.90 Å². The summed E-state index contributed by atoms with van der Waals surface area (Å²) in [6, 6.07) is 14.8. The van der Waals surface area contributed by atoms with Crippen LogP contribution >= 0.6 is 0 Å². The molecule has 0 unspecified atom stereocenters. The maximum Gasteiger partial charge on any atom is 0.339 e. The molecule has 1 aliphatic carbocycles. The quantitative estimate of drug-likeness (QED) is 0.705. The summed E-state index contributed by atoms with van der Waals surface area (Å²) in [6.45, 7) is 2.16. The highest BCUT2D eigenvalue weighted by Crippen LogP contribution is 2.37. The van der Waals surface area contributed by atoms with Gasteiger partial charge in [0.1, 0.15) is 5.75 Å². The van der Waals surface area contributed by atoms with Gasteiger partial charge in [0.25, 0.3) is 0 Å². The monoisotopic (exact) mass is 345 g/mol. The van der Waals surface area contributed by atoms with Crippen molar-refractivity contribution < 1.29 is 14.6 Å². The SMILES string of the molecule is CCOC(=O)c1c2c(nc3ccccc13)/C(=C/c1ccc(O)cc1)CC2. The van der Waals surface area contributed by atoms with Crippen molar-refractivity contribution in [2.75, 3.05) is 6.61 Å². The summed E-state index contributed by atoms with van der Waals surface area (Å²) < 4.78 is 5.31. The van der Waals surface area contributed by atoms with Gasteiger partial charge in [-0.05, 0) is 60.7 Å². The Morgan fingerprint density at radius 1 is 1.15 bits per heavy atom. The Morgan fingerprint density at radius 2 is 1.92 bits per heavy atom. The van der Waals surface area contributed by atoms with Crippen molar-refractivity contribution >= 4 is 28.5 Å². The average molecular weight is 345 g/mol. The molecule has 1 aromatic heterocycles. The molecule has 0 spiro atoms. The topological polar surface area (TPSA) is 59.4 Å². The number of hydrogen-bond donors (Lipinski definition) is 1. The molecule has 130 valence electrons. The molecule has 4 heteroatoms. The molecule has 2 aromatic carbocycles. The number of aromatic nitrogens is 1. The molecule has 0 saturated heterocycles. The number of carbonyl (C=O) groups is 1. The Labute approximate surface area is 151 Å². The van der Waals surface area contributed by atoms with E-state index in [1.807, 2.05) is 43.3 Å². The first kappa shape index (κ1) is 16.3. The minimum atomic E-state index is -0.284. The molecule has 0 bridgehead atoms. The molecular formula is C22H19NO3. The zero-order valence-corrected chi connectivity index (χ0v) is 14.5. The van der Waals surface area contributed by atoms with Gasteiger partial charge in [-0.25, -0.2) is 9.78 Å². The van der Waals surface area contributed by atoms with E-state index < -0.39 is 0 Å². The average Bonchev–Trinajstić information content (AvgIpc) is 3.04. The second kappa shape index (κ2) is 6.64. The Hall–Kier alpha value is -3.14. The van der Waals surface area contributed by atoms with E-state index in [0.29, 0.717) is 12.2 Å². The first-order chi connectivity index (χ1) is 12.7. The molecule has 0 atom stereocenters. The van der Waals surface area contributed by atoms with Crippen molar-refractivity contribution in [1.29, 1.82) is 0 Å². The van der Waals surface area contributed by atoms with Gasteiger partial charge in [-0.1, -0.05) is 30.3 Å². The van der Waals surface area contributed by atoms with Crippen molar-refractivity contribution in [3.05, 3.63) is 70.9 Å². The number of ether oxygens (including phenoxy) is 1. The molecule has 0 aliphatic heterocycles. The van der Waals surface area contributed by atoms with E-state index >= 15 is 0 Å². The summed E-state index contributed by atoms with van der Waals surface area (Å²) in [6.07, 6.45) is 3.67. The maximum atomic E-state index is 12.6. The van der Waals surface area contributed by atoms with Crippen molar-refractivity contribution in [3.63, 3.8) is 0 Å². The summed E-state index contributed by atoms with van der Waals surface area (Å²) in [4.78, 5) is 17.5. The predicted octanol–water partition coefficient (Wildman–Crippen LogP) is 4.60. The number of para-hydroxylation sites is 1. The van der Waals surface area contributed by atoms with E-state index in [0.717, 1.165) is 46.1 Å². The van der Waals surface area contributed by atoms with Crippen LogP contribution < -0.4 is 0 Å². The number of carbonyl (C=O) groups excluding carboxylic acids is 1. The standard InChI is InChI=1S/C22H19NO3/c1-2-26-22(25)20-17-5-3-4-6-19(17)23-21-15(9-12-18(20)21)13-14-7-10-16(24)11-8-14/h3-8,10-11,13,24H,2,9,12H2,1H3/b15-13+. The molecule has 0 amide bonds. The number of phenols is 1. The lowest BCUT2D eigenvalue weighted by Gasteiger charge is -2.11. The molecule has 1 heterocycles. The minimum Gasteiger partial charge on any atom is -0.508 e. The number of benzene rings is 2. The molecule has 4 rings (SSSR count). The van der Waals surface area contributed by atoms with Crippen LogP contribution in [0.15, 0.2) is 48.5 Å². The fourth-order valence-electron chi connectivity index (χ4n) is 3.49. The van der Waals surface area contributed by atoms with Crippen LogP contribution in [0.2, 0.25) is 0 Å². The highest BCUT2D eigenvalue weighted by atomic mass is 16.5. The number of hydrogen-bond acceptors (Lipinski definition) is 4. The molecule has 0 radical (unpaired) electrons. The third kappa shape index (κ3) is 2.84. The number of esters is 1. The highest BCUT2D eigenvalue weighted by Gasteiger charge is 2.27. The van der Waals surface area contributed by atoms with E-state index in [2.05, 4.69) is 6.08 Å². The van der Waals surface area contributed by atoms with Gasteiger partial charge in [0.2, 0.25) is 0 Å². The normalized spacial score (nSPS) is 14.6. The first-order valence-corrected chi connectivity index (χ1v) is 8.76. The van der Waals surface area contributed by atoms with Gasteiger partial charge in [-0.2, -0.15) is 0 Å². The molecule has 3 aromatic rings. The Kier molecular flexibility index (Phi) is 4.17. The highest BCUT2D eigenvalue weighted by molar-refractivity contribution is 6.07. The summed E-state index contributed by atoms with van der Waals surface area (Å²) >= 11 is 0. The van der Waals surface area contributed by atoms with Crippen LogP contribution in [0.25, 0.3) is 22.6 Å². The molecule has 1 N–H and O–H groups in total. The first-order valence-electron chi connectivity index (χ1n) is 8.76. The third-order valence-corrected chi connectivity index (χ3v) is 4.66. The van der Waals surface area contributed by atoms with Crippen LogP contribution in [0.3, 0.4) is 0 Å². The van der Waals surface area contributed by atoms with Gasteiger partial charge in [-0.3, -0.25) is 0 Å². The molecule has 4 nitrogen and oxygen atoms in total. The minimum absolute atomic E-state index is 0.243. The number of allylic oxidation sites excluding steroid dienone is 1. The van der Waals surface area contributed by atoms with Crippen molar-refractivity contribution in [3.8, 4) is 5.75 Å². The number of phenolic OH excluding ortho intramolecular Hbond substituents is 1. The Bertz CT molecular complexity index is 1020. The van der Waals surface area contributed by atoms with Crippen molar-refractivity contribution in [2.45, 2.75) is 19.8 Å². The van der Waals surface area contributed by atoms with Crippen LogP contribution in [-0.2, 0) is 11.2 Å². The Morgan fingerprint density at radius 3 is 2.69 bits per heavy atom. The van der Waals surface area contributed by atoms with Crippen LogP contribution in [0.4, 0.5) is 0 Å². The van der Waals surface area contributed by atoms with Gasteiger partial charge in [0.15, 0.2) is 0 Å². The van der Waals surface area contributed by atoms with Gasteiger partial charge >= 0.3 is 5.97 Å². The van der Waals surface area contributed by atoms with Gasteiger partial charge in [-0.15, -0.1) is 0 Å². The Balaban J connectivity index is 1.89. The summed E-state index contributed by atoms with van der Waals surface area (Å²) in [5.41, 5.74) is 5.38. The number of aromatic hydroxyl groups is 1. The second-order valence-corrected chi connectivity index (χ2v) is 6.31. The molecule has 1 aliphatic rings. The maximum absolute atomic E-state index is 12.6. The van der Waals surface area contributed by atoms with Gasteiger partial charge in [0, 0.05) is 5.39 Å². The van der Waals surface area contributed by atoms with E-state index in [4.69, 9.17) is 9.72 Å². The largest absolute Gasteiger partial charge is 0.508 e. The summed E-state index contributed by atoms with van der Waals surface area (Å²) in [5, 5.41) is 10.3. The lowest BCUT2D eigenvalue weighted by Crippen LogP contribution is -2.10. The number of rotatable bonds is 3. The van der Waals surface area contributed by atoms with Crippen LogP contribution in [0.1, 0.15) is 40.5 Å². The smallest absolute Gasteiger partial charge is 0.339 e. The lowest BCUT2D eigenvalue weighted by molar-refractivity contribution is 0.0527. The summed E-state index contributed by atoms with van der Waals surface area (Å²) in [7, 11) is 0. The van der Waals surface area contributed by atoms with E-state index in [-0.39, 0.29) is 11.7 Å². The van der Waals surface area contributed by atoms with Gasteiger partial charge in [0.05, 0.1) is 23.4 Å². The molecule has 0 saturated carbocycles. The van der Waals surface area contributed by atoms with Crippen LogP contribution in [-0.4, -0.2) is 22.7 Å². The summed E-state index contributed by atoms with van der Waals surface area (Å²) in [5.74, 6) is -0.0408. The van der Waals surface area contributed by atoms with Crippen molar-refractivity contribution in [1.82, 2.24) is 4.98 Å². The lowest BCUT2D eigenvalue weighted by atomic mass is 10.0. The van der Waals surface area contributed by atoms with E-state index in [1.54, 1.807) is 12.1 Å². The zero-order chi connectivity index (χ0) is 18.1. The number of nitrogens with zero attached hydrogens (tertiary/aromatic N) is 1. The van der Waals surface area contributed by atoms with E-state index in [1.165, 1.54) is 0 Å². The third-order valence-electron chi connectivity index (χ3n) is 4.66. The number of pyridine rings is 1. The van der Waals surface area contributed by atoms with Crippen LogP contribution in [0, 0.1) is 0 Å². The molecule has 26 heavy (non-hydrogen) atoms. The molecular weight excluding hydrogens is 326 g/mol. The number of fused-ring (bicyclic) bond motifs is 2. The predicted molar refractivity (Wildman–Crippen MR) is 102 cm³/mol. The second-order valence-electron chi connectivity index (χ2n) is 6.31. The molecule has 0 fully saturated rings. The van der Waals surface area contributed by atoms with Crippen molar-refractivity contribution in [2.24, 2.45) is 0 Å².